The summed E-state index contributed by atoms with van der Waals surface area (Å²) >= 11 is 0. The van der Waals surface area contributed by atoms with Crippen molar-refractivity contribution in [3.8, 4) is 17.2 Å². The van der Waals surface area contributed by atoms with Crippen molar-refractivity contribution in [1.82, 2.24) is 19.3 Å². The molecule has 3 heterocycles. The molecule has 184 valence electrons. The van der Waals surface area contributed by atoms with Gasteiger partial charge in [-0.15, -0.1) is 0 Å². The van der Waals surface area contributed by atoms with E-state index in [4.69, 9.17) is 14.2 Å². The maximum absolute atomic E-state index is 13.6. The Labute approximate surface area is 200 Å². The van der Waals surface area contributed by atoms with Gasteiger partial charge in [-0.1, -0.05) is 6.07 Å². The summed E-state index contributed by atoms with van der Waals surface area (Å²) in [5.41, 5.74) is 2.20. The van der Waals surface area contributed by atoms with Gasteiger partial charge in [0.15, 0.2) is 0 Å². The predicted molar refractivity (Wildman–Crippen MR) is 129 cm³/mol. The minimum atomic E-state index is -0.134. The lowest BCUT2D eigenvalue weighted by molar-refractivity contribution is 0.0658. The Hall–Kier alpha value is -3.04. The molecule has 9 nitrogen and oxygen atoms in total. The van der Waals surface area contributed by atoms with E-state index in [0.717, 1.165) is 35.8 Å². The van der Waals surface area contributed by atoms with E-state index in [0.29, 0.717) is 57.0 Å². The molecular weight excluding hydrogens is 436 g/mol. The number of amides is 1. The van der Waals surface area contributed by atoms with Gasteiger partial charge in [0.05, 0.1) is 21.3 Å². The minimum Gasteiger partial charge on any atom is -0.497 e. The summed E-state index contributed by atoms with van der Waals surface area (Å²) in [6, 6.07) is 7.26. The highest BCUT2D eigenvalue weighted by Crippen LogP contribution is 2.28. The molecule has 0 aliphatic carbocycles. The van der Waals surface area contributed by atoms with Crippen LogP contribution in [0.15, 0.2) is 29.1 Å². The molecular formula is C25H34N4O5. The van der Waals surface area contributed by atoms with E-state index < -0.39 is 0 Å². The molecule has 2 aliphatic heterocycles. The SMILES string of the molecule is COc1ccc(CN2CCc3c(C(=O)N4CCN(C)CC4)c(OC)cc(=O)n3CC2)c(OC)c1. The van der Waals surface area contributed by atoms with Crippen LogP contribution in [0.25, 0.3) is 0 Å². The van der Waals surface area contributed by atoms with E-state index in [-0.39, 0.29) is 11.5 Å². The van der Waals surface area contributed by atoms with Crippen LogP contribution in [0, 0.1) is 0 Å². The van der Waals surface area contributed by atoms with Crippen LogP contribution in [-0.2, 0) is 19.5 Å². The zero-order valence-electron chi connectivity index (χ0n) is 20.5. The van der Waals surface area contributed by atoms with Crippen LogP contribution in [0.5, 0.6) is 17.2 Å². The normalized spacial score (nSPS) is 17.1. The lowest BCUT2D eigenvalue weighted by Gasteiger charge is -2.33. The molecule has 1 fully saturated rings. The third kappa shape index (κ3) is 4.90. The molecule has 1 aromatic heterocycles. The molecule has 0 radical (unpaired) electrons. The maximum atomic E-state index is 13.6. The molecule has 1 saturated heterocycles. The Bertz CT molecular complexity index is 1090. The summed E-state index contributed by atoms with van der Waals surface area (Å²) in [4.78, 5) is 32.9. The van der Waals surface area contributed by atoms with Gasteiger partial charge in [0.2, 0.25) is 0 Å². The van der Waals surface area contributed by atoms with Gasteiger partial charge in [0.25, 0.3) is 11.5 Å². The van der Waals surface area contributed by atoms with E-state index in [9.17, 15) is 9.59 Å². The second-order valence-corrected chi connectivity index (χ2v) is 8.82. The van der Waals surface area contributed by atoms with Crippen molar-refractivity contribution < 1.29 is 19.0 Å². The topological polar surface area (TPSA) is 76.5 Å². The Kier molecular flexibility index (Phi) is 7.43. The molecule has 0 unspecified atom stereocenters. The molecule has 1 amide bonds. The highest BCUT2D eigenvalue weighted by molar-refractivity contribution is 5.98. The third-order valence-electron chi connectivity index (χ3n) is 6.80. The zero-order chi connectivity index (χ0) is 24.2. The highest BCUT2D eigenvalue weighted by Gasteiger charge is 2.29. The largest absolute Gasteiger partial charge is 0.497 e. The molecule has 4 rings (SSSR count). The van der Waals surface area contributed by atoms with E-state index >= 15 is 0 Å². The zero-order valence-corrected chi connectivity index (χ0v) is 20.5. The van der Waals surface area contributed by atoms with E-state index in [1.807, 2.05) is 23.1 Å². The number of pyridine rings is 1. The Morgan fingerprint density at radius 2 is 1.62 bits per heavy atom. The van der Waals surface area contributed by atoms with Crippen molar-refractivity contribution in [2.45, 2.75) is 19.5 Å². The van der Waals surface area contributed by atoms with Crippen molar-refractivity contribution in [3.63, 3.8) is 0 Å². The van der Waals surface area contributed by atoms with E-state index in [1.54, 1.807) is 18.8 Å². The minimum absolute atomic E-state index is 0.0565. The number of methoxy groups -OCH3 is 3. The lowest BCUT2D eigenvalue weighted by atomic mass is 10.1. The maximum Gasteiger partial charge on any atom is 0.259 e. The number of rotatable bonds is 6. The summed E-state index contributed by atoms with van der Waals surface area (Å²) in [5.74, 6) is 1.82. The first kappa shape index (κ1) is 24.1. The summed E-state index contributed by atoms with van der Waals surface area (Å²) in [5, 5.41) is 0. The second-order valence-electron chi connectivity index (χ2n) is 8.82. The van der Waals surface area contributed by atoms with Gasteiger partial charge in [-0.05, 0) is 13.1 Å². The summed E-state index contributed by atoms with van der Waals surface area (Å²) in [6.07, 6.45) is 0.583. The molecule has 2 aliphatic rings. The van der Waals surface area contributed by atoms with Crippen LogP contribution < -0.4 is 19.8 Å². The Balaban J connectivity index is 1.60. The van der Waals surface area contributed by atoms with Crippen molar-refractivity contribution in [2.24, 2.45) is 0 Å². The van der Waals surface area contributed by atoms with Crippen LogP contribution in [-0.4, -0.2) is 92.8 Å². The van der Waals surface area contributed by atoms with E-state index in [1.165, 1.54) is 13.2 Å². The standard InChI is InChI=1S/C25H34N4O5/c1-26-9-12-28(13-10-26)25(31)24-20-7-8-27(11-14-29(20)23(30)16-22(24)34-4)17-18-5-6-19(32-2)15-21(18)33-3/h5-6,15-16H,7-14,17H2,1-4H3. The number of nitrogens with zero attached hydrogens (tertiary/aromatic N) is 4. The molecule has 9 heteroatoms. The number of hydrogen-bond acceptors (Lipinski definition) is 7. The van der Waals surface area contributed by atoms with Crippen LogP contribution in [0.3, 0.4) is 0 Å². The van der Waals surface area contributed by atoms with Crippen LogP contribution >= 0.6 is 0 Å². The molecule has 0 atom stereocenters. The number of benzene rings is 1. The number of likely N-dealkylation sites (N-methyl/N-ethyl adjacent to an activating group) is 1. The van der Waals surface area contributed by atoms with Crippen molar-refractivity contribution >= 4 is 5.91 Å². The highest BCUT2D eigenvalue weighted by atomic mass is 16.5. The Morgan fingerprint density at radius 1 is 0.882 bits per heavy atom. The fraction of sp³-hybridized carbons (Fsp3) is 0.520. The molecule has 0 spiro atoms. The van der Waals surface area contributed by atoms with Crippen molar-refractivity contribution in [1.29, 1.82) is 0 Å². The van der Waals surface area contributed by atoms with Gasteiger partial charge in [-0.25, -0.2) is 0 Å². The van der Waals surface area contributed by atoms with Crippen molar-refractivity contribution in [2.75, 3.05) is 67.6 Å². The number of piperazine rings is 1. The number of aromatic nitrogens is 1. The third-order valence-corrected chi connectivity index (χ3v) is 6.80. The Morgan fingerprint density at radius 3 is 2.29 bits per heavy atom. The van der Waals surface area contributed by atoms with Gasteiger partial charge < -0.3 is 28.6 Å². The molecule has 0 saturated carbocycles. The van der Waals surface area contributed by atoms with Crippen LogP contribution in [0.2, 0.25) is 0 Å². The first-order chi connectivity index (χ1) is 16.4. The lowest BCUT2D eigenvalue weighted by Crippen LogP contribution is -2.47. The first-order valence-corrected chi connectivity index (χ1v) is 11.7. The summed E-state index contributed by atoms with van der Waals surface area (Å²) < 4.78 is 18.1. The average Bonchev–Trinajstić information content (AvgIpc) is 3.07. The number of ether oxygens (including phenoxy) is 3. The second kappa shape index (κ2) is 10.5. The summed E-state index contributed by atoms with van der Waals surface area (Å²) in [7, 11) is 6.86. The quantitative estimate of drug-likeness (QED) is 0.630. The first-order valence-electron chi connectivity index (χ1n) is 11.7. The average molecular weight is 471 g/mol. The fourth-order valence-electron chi connectivity index (χ4n) is 4.73. The number of fused-ring (bicyclic) bond motifs is 1. The molecule has 0 bridgehead atoms. The molecule has 34 heavy (non-hydrogen) atoms. The van der Waals surface area contributed by atoms with Gasteiger partial charge in [0, 0.05) is 82.2 Å². The van der Waals surface area contributed by atoms with Crippen LogP contribution in [0.4, 0.5) is 0 Å². The van der Waals surface area contributed by atoms with Crippen molar-refractivity contribution in [3.05, 3.63) is 51.4 Å². The molecule has 0 N–H and O–H groups in total. The number of hydrogen-bond donors (Lipinski definition) is 0. The fourth-order valence-corrected chi connectivity index (χ4v) is 4.73. The number of carbonyl (C=O) groups excluding carboxylic acids is 1. The number of carbonyl (C=O) groups is 1. The van der Waals surface area contributed by atoms with Gasteiger partial charge in [-0.3, -0.25) is 14.5 Å². The van der Waals surface area contributed by atoms with Gasteiger partial charge in [0.1, 0.15) is 22.8 Å². The van der Waals surface area contributed by atoms with Gasteiger partial charge in [-0.2, -0.15) is 0 Å². The van der Waals surface area contributed by atoms with E-state index in [2.05, 4.69) is 16.8 Å². The van der Waals surface area contributed by atoms with Crippen LogP contribution in [0.1, 0.15) is 21.6 Å². The molecule has 1 aromatic carbocycles. The predicted octanol–water partition coefficient (Wildman–Crippen LogP) is 1.32. The molecule has 2 aromatic rings. The van der Waals surface area contributed by atoms with Gasteiger partial charge >= 0.3 is 0 Å². The monoisotopic (exact) mass is 470 g/mol. The summed E-state index contributed by atoms with van der Waals surface area (Å²) in [6.45, 7) is 5.59. The smallest absolute Gasteiger partial charge is 0.259 e.